The first kappa shape index (κ1) is 14.7. The van der Waals surface area contributed by atoms with E-state index >= 15 is 0 Å². The fraction of sp³-hybridized carbons (Fsp3) is 0.900. The highest BCUT2D eigenvalue weighted by molar-refractivity contribution is 7.89. The van der Waals surface area contributed by atoms with Crippen molar-refractivity contribution in [3.63, 3.8) is 0 Å². The zero-order valence-corrected chi connectivity index (χ0v) is 11.4. The van der Waals surface area contributed by atoms with E-state index in [1.54, 1.807) is 6.92 Å². The topological polar surface area (TPSA) is 72.5 Å². The second kappa shape index (κ2) is 6.56. The van der Waals surface area contributed by atoms with E-state index in [0.717, 1.165) is 19.3 Å². The van der Waals surface area contributed by atoms with E-state index in [0.29, 0.717) is 0 Å². The molecular formula is C10H18ClNO4S. The van der Waals surface area contributed by atoms with Crippen molar-refractivity contribution in [2.45, 2.75) is 44.0 Å². The van der Waals surface area contributed by atoms with Crippen LogP contribution in [-0.4, -0.2) is 38.2 Å². The van der Waals surface area contributed by atoms with Crippen molar-refractivity contribution in [2.24, 2.45) is 0 Å². The summed E-state index contributed by atoms with van der Waals surface area (Å²) in [6, 6.07) is -0.205. The quantitative estimate of drug-likeness (QED) is 0.583. The number of halogens is 1. The Morgan fingerprint density at radius 3 is 2.71 bits per heavy atom. The molecule has 0 heterocycles. The lowest BCUT2D eigenvalue weighted by Crippen LogP contribution is -2.39. The van der Waals surface area contributed by atoms with Gasteiger partial charge < -0.3 is 4.74 Å². The Morgan fingerprint density at radius 2 is 2.18 bits per heavy atom. The maximum atomic E-state index is 11.7. The Balaban J connectivity index is 2.38. The molecule has 0 aliphatic heterocycles. The molecule has 1 aliphatic rings. The molecule has 1 saturated carbocycles. The molecule has 2 unspecified atom stereocenters. The standard InChI is InChI=1S/C10H18ClNO4S/c1-2-16-10(13)6-7-17(14,15)12-9-5-3-4-8(9)11/h8-9,12H,2-7H2,1H3. The third-order valence-corrected chi connectivity index (χ3v) is 4.57. The molecule has 1 N–H and O–H groups in total. The van der Waals surface area contributed by atoms with E-state index < -0.39 is 16.0 Å². The number of carbonyl (C=O) groups excluding carboxylic acids is 1. The lowest BCUT2D eigenvalue weighted by molar-refractivity contribution is -0.142. The largest absolute Gasteiger partial charge is 0.466 e. The molecule has 1 rings (SSSR count). The number of carbonyl (C=O) groups is 1. The van der Waals surface area contributed by atoms with E-state index in [9.17, 15) is 13.2 Å². The number of rotatable bonds is 6. The van der Waals surface area contributed by atoms with Gasteiger partial charge in [-0.3, -0.25) is 4.79 Å². The molecule has 0 radical (unpaired) electrons. The van der Waals surface area contributed by atoms with Gasteiger partial charge >= 0.3 is 5.97 Å². The highest BCUT2D eigenvalue weighted by Gasteiger charge is 2.29. The van der Waals surface area contributed by atoms with Gasteiger partial charge in [0.1, 0.15) is 0 Å². The van der Waals surface area contributed by atoms with Gasteiger partial charge in [0.05, 0.1) is 18.8 Å². The second-order valence-corrected chi connectivity index (χ2v) is 6.48. The molecule has 1 fully saturated rings. The molecule has 0 aromatic heterocycles. The average Bonchev–Trinajstić information content (AvgIpc) is 2.62. The first-order valence-electron chi connectivity index (χ1n) is 5.74. The lowest BCUT2D eigenvalue weighted by Gasteiger charge is -2.15. The van der Waals surface area contributed by atoms with Crippen LogP contribution in [0.2, 0.25) is 0 Å². The highest BCUT2D eigenvalue weighted by Crippen LogP contribution is 2.24. The third kappa shape index (κ3) is 5.23. The number of hydrogen-bond acceptors (Lipinski definition) is 4. The van der Waals surface area contributed by atoms with Crippen LogP contribution in [0.3, 0.4) is 0 Å². The van der Waals surface area contributed by atoms with Crippen molar-refractivity contribution in [3.05, 3.63) is 0 Å². The molecule has 0 bridgehead atoms. The molecule has 5 nitrogen and oxygen atoms in total. The summed E-state index contributed by atoms with van der Waals surface area (Å²) in [4.78, 5) is 11.1. The van der Waals surface area contributed by atoms with E-state index in [1.807, 2.05) is 0 Å². The lowest BCUT2D eigenvalue weighted by atomic mass is 10.3. The summed E-state index contributed by atoms with van der Waals surface area (Å²) in [6.45, 7) is 1.94. The van der Waals surface area contributed by atoms with Crippen molar-refractivity contribution < 1.29 is 17.9 Å². The molecule has 7 heteroatoms. The number of alkyl halides is 1. The molecule has 0 saturated heterocycles. The molecule has 17 heavy (non-hydrogen) atoms. The normalized spacial score (nSPS) is 24.8. The molecule has 100 valence electrons. The van der Waals surface area contributed by atoms with Gasteiger partial charge in [0.15, 0.2) is 0 Å². The van der Waals surface area contributed by atoms with Crippen LogP contribution < -0.4 is 4.72 Å². The van der Waals surface area contributed by atoms with Gasteiger partial charge in [0, 0.05) is 11.4 Å². The summed E-state index contributed by atoms with van der Waals surface area (Å²) >= 11 is 5.98. The van der Waals surface area contributed by atoms with Crippen LogP contribution in [0, 0.1) is 0 Å². The Labute approximate surface area is 107 Å². The Bertz CT molecular complexity index is 357. The number of hydrogen-bond donors (Lipinski definition) is 1. The van der Waals surface area contributed by atoms with E-state index in [1.165, 1.54) is 0 Å². The second-order valence-electron chi connectivity index (χ2n) is 4.05. The van der Waals surface area contributed by atoms with Crippen molar-refractivity contribution in [2.75, 3.05) is 12.4 Å². The van der Waals surface area contributed by atoms with Crippen molar-refractivity contribution in [1.29, 1.82) is 0 Å². The van der Waals surface area contributed by atoms with Crippen LogP contribution in [-0.2, 0) is 19.6 Å². The fourth-order valence-electron chi connectivity index (χ4n) is 1.79. The minimum atomic E-state index is -3.45. The van der Waals surface area contributed by atoms with Crippen LogP contribution in [0.5, 0.6) is 0 Å². The van der Waals surface area contributed by atoms with Gasteiger partial charge in [-0.1, -0.05) is 6.42 Å². The first-order chi connectivity index (χ1) is 7.94. The van der Waals surface area contributed by atoms with Gasteiger partial charge in [0.25, 0.3) is 0 Å². The van der Waals surface area contributed by atoms with Crippen molar-refractivity contribution >= 4 is 27.6 Å². The van der Waals surface area contributed by atoms with Crippen LogP contribution >= 0.6 is 11.6 Å². The van der Waals surface area contributed by atoms with Crippen LogP contribution in [0.15, 0.2) is 0 Å². The Hall–Kier alpha value is -0.330. The van der Waals surface area contributed by atoms with E-state index in [-0.39, 0.29) is 30.2 Å². The maximum absolute atomic E-state index is 11.7. The molecule has 0 spiro atoms. The van der Waals surface area contributed by atoms with Gasteiger partial charge in [-0.25, -0.2) is 13.1 Å². The monoisotopic (exact) mass is 283 g/mol. The zero-order valence-electron chi connectivity index (χ0n) is 9.82. The van der Waals surface area contributed by atoms with Crippen molar-refractivity contribution in [3.8, 4) is 0 Å². The van der Waals surface area contributed by atoms with Gasteiger partial charge in [-0.05, 0) is 19.8 Å². The van der Waals surface area contributed by atoms with Crippen LogP contribution in [0.4, 0.5) is 0 Å². The highest BCUT2D eigenvalue weighted by atomic mass is 35.5. The average molecular weight is 284 g/mol. The first-order valence-corrected chi connectivity index (χ1v) is 7.83. The summed E-state index contributed by atoms with van der Waals surface area (Å²) in [5.41, 5.74) is 0. The van der Waals surface area contributed by atoms with Crippen LogP contribution in [0.25, 0.3) is 0 Å². The van der Waals surface area contributed by atoms with E-state index in [4.69, 9.17) is 11.6 Å². The zero-order chi connectivity index (χ0) is 12.9. The summed E-state index contributed by atoms with van der Waals surface area (Å²) in [6.07, 6.45) is 2.39. The molecule has 0 amide bonds. The predicted octanol–water partition coefficient (Wildman–Crippen LogP) is 1.02. The summed E-state index contributed by atoms with van der Waals surface area (Å²) in [7, 11) is -3.45. The van der Waals surface area contributed by atoms with Crippen LogP contribution in [0.1, 0.15) is 32.6 Å². The predicted molar refractivity (Wildman–Crippen MR) is 65.5 cm³/mol. The molecule has 2 atom stereocenters. The maximum Gasteiger partial charge on any atom is 0.306 e. The number of nitrogens with one attached hydrogen (secondary N) is 1. The Kier molecular flexibility index (Phi) is 5.69. The molecular weight excluding hydrogens is 266 g/mol. The minimum absolute atomic E-state index is 0.122. The molecule has 0 aromatic rings. The molecule has 1 aliphatic carbocycles. The smallest absolute Gasteiger partial charge is 0.306 e. The Morgan fingerprint density at radius 1 is 1.47 bits per heavy atom. The summed E-state index contributed by atoms with van der Waals surface area (Å²) in [5, 5.41) is -0.146. The fourth-order valence-corrected chi connectivity index (χ4v) is 3.50. The number of esters is 1. The molecule has 0 aromatic carbocycles. The number of sulfonamides is 1. The minimum Gasteiger partial charge on any atom is -0.466 e. The van der Waals surface area contributed by atoms with Crippen molar-refractivity contribution in [1.82, 2.24) is 4.72 Å². The van der Waals surface area contributed by atoms with Gasteiger partial charge in [-0.15, -0.1) is 11.6 Å². The third-order valence-electron chi connectivity index (χ3n) is 2.64. The SMILES string of the molecule is CCOC(=O)CCS(=O)(=O)NC1CCCC1Cl. The number of ether oxygens (including phenoxy) is 1. The van der Waals surface area contributed by atoms with Gasteiger partial charge in [-0.2, -0.15) is 0 Å². The summed E-state index contributed by atoms with van der Waals surface area (Å²) in [5.74, 6) is -0.738. The summed E-state index contributed by atoms with van der Waals surface area (Å²) < 4.78 is 30.5. The van der Waals surface area contributed by atoms with Gasteiger partial charge in [0.2, 0.25) is 10.0 Å². The van der Waals surface area contributed by atoms with E-state index in [2.05, 4.69) is 9.46 Å².